The molecule has 1 aliphatic rings. The normalized spacial score (nSPS) is 22.0. The van der Waals surface area contributed by atoms with E-state index in [9.17, 15) is 14.7 Å². The van der Waals surface area contributed by atoms with E-state index in [1.165, 1.54) is 0 Å². The summed E-state index contributed by atoms with van der Waals surface area (Å²) in [7, 11) is 0. The van der Waals surface area contributed by atoms with Gasteiger partial charge in [0.1, 0.15) is 0 Å². The van der Waals surface area contributed by atoms with Crippen LogP contribution in [0, 0.1) is 12.3 Å². The number of rotatable bonds is 4. The zero-order chi connectivity index (χ0) is 14.8. The van der Waals surface area contributed by atoms with Crippen molar-refractivity contribution in [3.05, 3.63) is 16.1 Å². The lowest BCUT2D eigenvalue weighted by Crippen LogP contribution is -2.41. The number of carboxylic acid groups (broad SMARTS) is 1. The lowest BCUT2D eigenvalue weighted by atomic mass is 9.84. The Morgan fingerprint density at radius 1 is 1.60 bits per heavy atom. The van der Waals surface area contributed by atoms with E-state index < -0.39 is 11.4 Å². The molecule has 1 unspecified atom stereocenters. The van der Waals surface area contributed by atoms with Crippen molar-refractivity contribution in [2.45, 2.75) is 33.2 Å². The molecule has 0 aromatic carbocycles. The summed E-state index contributed by atoms with van der Waals surface area (Å²) in [6.45, 7) is 4.99. The van der Waals surface area contributed by atoms with Crippen molar-refractivity contribution in [2.75, 3.05) is 13.1 Å². The standard InChI is InChI=1S/C13H19N3O3S/c1-3-13(11(17)18)4-5-16(8-13)12(19)15-7-10-6-14-9(2)20-10/h6H,3-5,7-8H2,1-2H3,(H,15,19)(H,17,18). The van der Waals surface area contributed by atoms with Gasteiger partial charge in [0.05, 0.1) is 17.0 Å². The average Bonchev–Trinajstić information content (AvgIpc) is 3.03. The zero-order valence-electron chi connectivity index (χ0n) is 11.7. The van der Waals surface area contributed by atoms with E-state index in [1.807, 2.05) is 13.8 Å². The van der Waals surface area contributed by atoms with Gasteiger partial charge in [-0.25, -0.2) is 9.78 Å². The number of aliphatic carboxylic acids is 1. The Bertz CT molecular complexity index is 517. The molecule has 0 bridgehead atoms. The molecule has 6 nitrogen and oxygen atoms in total. The molecule has 2 N–H and O–H groups in total. The molecule has 0 radical (unpaired) electrons. The number of carboxylic acids is 1. The second-order valence-corrected chi connectivity index (χ2v) is 6.43. The van der Waals surface area contributed by atoms with Gasteiger partial charge in [-0.3, -0.25) is 4.79 Å². The number of nitrogens with one attached hydrogen (secondary N) is 1. The van der Waals surface area contributed by atoms with E-state index in [0.717, 1.165) is 9.88 Å². The van der Waals surface area contributed by atoms with Crippen LogP contribution in [0.5, 0.6) is 0 Å². The van der Waals surface area contributed by atoms with Crippen molar-refractivity contribution in [3.63, 3.8) is 0 Å². The van der Waals surface area contributed by atoms with Crippen LogP contribution in [0.25, 0.3) is 0 Å². The first-order valence-corrected chi connectivity index (χ1v) is 7.46. The van der Waals surface area contributed by atoms with Crippen LogP contribution in [-0.4, -0.2) is 40.1 Å². The maximum atomic E-state index is 12.1. The van der Waals surface area contributed by atoms with Crippen molar-refractivity contribution in [1.29, 1.82) is 0 Å². The van der Waals surface area contributed by atoms with Gasteiger partial charge in [0, 0.05) is 24.2 Å². The molecule has 0 saturated carbocycles. The molecule has 1 aromatic rings. The quantitative estimate of drug-likeness (QED) is 0.888. The highest BCUT2D eigenvalue weighted by molar-refractivity contribution is 7.11. The third kappa shape index (κ3) is 2.92. The predicted octanol–water partition coefficient (Wildman–Crippen LogP) is 1.85. The van der Waals surface area contributed by atoms with Crippen molar-refractivity contribution in [2.24, 2.45) is 5.41 Å². The third-order valence-electron chi connectivity index (χ3n) is 3.85. The number of thiazole rings is 1. The van der Waals surface area contributed by atoms with E-state index >= 15 is 0 Å². The number of nitrogens with zero attached hydrogens (tertiary/aromatic N) is 2. The average molecular weight is 297 g/mol. The number of aryl methyl sites for hydroxylation is 1. The van der Waals surface area contributed by atoms with E-state index in [1.54, 1.807) is 22.4 Å². The monoisotopic (exact) mass is 297 g/mol. The van der Waals surface area contributed by atoms with Crippen LogP contribution in [0.15, 0.2) is 6.20 Å². The molecule has 1 aromatic heterocycles. The summed E-state index contributed by atoms with van der Waals surface area (Å²) in [6.07, 6.45) is 2.81. The summed E-state index contributed by atoms with van der Waals surface area (Å²) in [6, 6.07) is -0.201. The minimum atomic E-state index is -0.812. The molecule has 1 saturated heterocycles. The van der Waals surface area contributed by atoms with Crippen LogP contribution in [-0.2, 0) is 11.3 Å². The van der Waals surface area contributed by atoms with Gasteiger partial charge in [-0.15, -0.1) is 11.3 Å². The van der Waals surface area contributed by atoms with Crippen molar-refractivity contribution in [1.82, 2.24) is 15.2 Å². The first-order valence-electron chi connectivity index (χ1n) is 6.64. The Hall–Kier alpha value is -1.63. The minimum Gasteiger partial charge on any atom is -0.481 e. The van der Waals surface area contributed by atoms with Gasteiger partial charge in [0.25, 0.3) is 0 Å². The van der Waals surface area contributed by atoms with Crippen LogP contribution in [0.3, 0.4) is 0 Å². The lowest BCUT2D eigenvalue weighted by molar-refractivity contribution is -0.148. The number of amides is 2. The second-order valence-electron chi connectivity index (χ2n) is 5.11. The Labute approximate surface area is 121 Å². The highest BCUT2D eigenvalue weighted by Gasteiger charge is 2.44. The summed E-state index contributed by atoms with van der Waals surface area (Å²) >= 11 is 1.54. The number of hydrogen-bond acceptors (Lipinski definition) is 4. The predicted molar refractivity (Wildman–Crippen MR) is 75.6 cm³/mol. The Morgan fingerprint density at radius 2 is 2.35 bits per heavy atom. The molecule has 0 spiro atoms. The maximum Gasteiger partial charge on any atom is 0.317 e. The largest absolute Gasteiger partial charge is 0.481 e. The van der Waals surface area contributed by atoms with Gasteiger partial charge in [-0.2, -0.15) is 0 Å². The van der Waals surface area contributed by atoms with Gasteiger partial charge in [-0.1, -0.05) is 6.92 Å². The molecule has 2 rings (SSSR count). The smallest absolute Gasteiger partial charge is 0.317 e. The number of carbonyl (C=O) groups is 2. The van der Waals surface area contributed by atoms with Gasteiger partial charge < -0.3 is 15.3 Å². The minimum absolute atomic E-state index is 0.201. The number of hydrogen-bond donors (Lipinski definition) is 2. The molecule has 0 aliphatic carbocycles. The number of aromatic nitrogens is 1. The topological polar surface area (TPSA) is 82.5 Å². The van der Waals surface area contributed by atoms with Gasteiger partial charge >= 0.3 is 12.0 Å². The van der Waals surface area contributed by atoms with Crippen LogP contribution in [0.4, 0.5) is 4.79 Å². The fourth-order valence-corrected chi connectivity index (χ4v) is 3.16. The van der Waals surface area contributed by atoms with Crippen molar-refractivity contribution >= 4 is 23.3 Å². The zero-order valence-corrected chi connectivity index (χ0v) is 12.5. The Morgan fingerprint density at radius 3 is 2.85 bits per heavy atom. The van der Waals surface area contributed by atoms with E-state index in [-0.39, 0.29) is 12.6 Å². The maximum absolute atomic E-state index is 12.1. The summed E-state index contributed by atoms with van der Waals surface area (Å²) in [4.78, 5) is 30.1. The molecule has 20 heavy (non-hydrogen) atoms. The van der Waals surface area contributed by atoms with Crippen molar-refractivity contribution < 1.29 is 14.7 Å². The van der Waals surface area contributed by atoms with E-state index in [2.05, 4.69) is 10.3 Å². The van der Waals surface area contributed by atoms with Crippen LogP contribution >= 0.6 is 11.3 Å². The molecular weight excluding hydrogens is 278 g/mol. The molecule has 1 aliphatic heterocycles. The van der Waals surface area contributed by atoms with Gasteiger partial charge in [0.15, 0.2) is 0 Å². The van der Waals surface area contributed by atoms with Crippen LogP contribution in [0.1, 0.15) is 29.7 Å². The first-order chi connectivity index (χ1) is 9.47. The molecule has 2 amide bonds. The molecule has 7 heteroatoms. The fraction of sp³-hybridized carbons (Fsp3) is 0.615. The molecule has 2 heterocycles. The summed E-state index contributed by atoms with van der Waals surface area (Å²) in [5.41, 5.74) is -0.779. The molecular formula is C13H19N3O3S. The highest BCUT2D eigenvalue weighted by atomic mass is 32.1. The van der Waals surface area contributed by atoms with E-state index in [0.29, 0.717) is 25.9 Å². The van der Waals surface area contributed by atoms with Gasteiger partial charge in [0.2, 0.25) is 0 Å². The van der Waals surface area contributed by atoms with Crippen molar-refractivity contribution in [3.8, 4) is 0 Å². The molecule has 1 atom stereocenters. The Balaban J connectivity index is 1.90. The molecule has 1 fully saturated rings. The second kappa shape index (κ2) is 5.78. The first kappa shape index (κ1) is 14.8. The lowest BCUT2D eigenvalue weighted by Gasteiger charge is -2.23. The summed E-state index contributed by atoms with van der Waals surface area (Å²) < 4.78 is 0. The third-order valence-corrected chi connectivity index (χ3v) is 4.77. The summed E-state index contributed by atoms with van der Waals surface area (Å²) in [5, 5.41) is 13.1. The Kier molecular flexibility index (Phi) is 4.27. The highest BCUT2D eigenvalue weighted by Crippen LogP contribution is 2.34. The fourth-order valence-electron chi connectivity index (χ4n) is 2.42. The SMILES string of the molecule is CCC1(C(=O)O)CCN(C(=O)NCc2cnc(C)s2)C1. The van der Waals surface area contributed by atoms with Crippen LogP contribution < -0.4 is 5.32 Å². The number of carbonyl (C=O) groups excluding carboxylic acids is 1. The summed E-state index contributed by atoms with van der Waals surface area (Å²) in [5.74, 6) is -0.812. The number of urea groups is 1. The van der Waals surface area contributed by atoms with Gasteiger partial charge in [-0.05, 0) is 19.8 Å². The number of likely N-dealkylation sites (tertiary alicyclic amines) is 1. The molecule has 110 valence electrons. The van der Waals surface area contributed by atoms with Crippen LogP contribution in [0.2, 0.25) is 0 Å². The van der Waals surface area contributed by atoms with E-state index in [4.69, 9.17) is 0 Å².